The Morgan fingerprint density at radius 1 is 1.40 bits per heavy atom. The largest absolute Gasteiger partial charge is 0.496 e. The summed E-state index contributed by atoms with van der Waals surface area (Å²) in [5.74, 6) is 0.506. The molecule has 0 amide bonds. The number of benzene rings is 1. The maximum atomic E-state index is 12.5. The van der Waals surface area contributed by atoms with Gasteiger partial charge in [0, 0.05) is 17.7 Å². The summed E-state index contributed by atoms with van der Waals surface area (Å²) < 4.78 is 42.4. The van der Waals surface area contributed by atoms with Crippen LogP contribution in [0.1, 0.15) is 5.56 Å². The van der Waals surface area contributed by atoms with E-state index in [1.165, 1.54) is 7.11 Å². The van der Waals surface area contributed by atoms with Gasteiger partial charge in [-0.15, -0.1) is 0 Å². The normalized spacial score (nSPS) is 19.6. The Labute approximate surface area is 85.0 Å². The molecule has 0 aromatic heterocycles. The third-order valence-electron chi connectivity index (χ3n) is 2.49. The van der Waals surface area contributed by atoms with Gasteiger partial charge in [0.15, 0.2) is 0 Å². The number of fused-ring (bicyclic) bond motifs is 1. The molecule has 0 saturated carbocycles. The fourth-order valence-corrected chi connectivity index (χ4v) is 1.74. The van der Waals surface area contributed by atoms with E-state index in [0.717, 1.165) is 0 Å². The summed E-state index contributed by atoms with van der Waals surface area (Å²) >= 11 is 0. The van der Waals surface area contributed by atoms with Crippen molar-refractivity contribution >= 4 is 5.69 Å². The number of alkyl halides is 3. The van der Waals surface area contributed by atoms with Crippen LogP contribution in [0.2, 0.25) is 0 Å². The first-order valence-corrected chi connectivity index (χ1v) is 4.51. The molecule has 1 heterocycles. The Morgan fingerprint density at radius 3 is 2.73 bits per heavy atom. The molecule has 1 aliphatic rings. The molecular formula is C10H10F3NO. The Balaban J connectivity index is 2.31. The van der Waals surface area contributed by atoms with Crippen LogP contribution in [-0.2, 0) is 6.42 Å². The first-order chi connectivity index (χ1) is 7.02. The molecule has 1 aromatic carbocycles. The van der Waals surface area contributed by atoms with Crippen LogP contribution in [-0.4, -0.2) is 19.3 Å². The number of rotatable bonds is 1. The zero-order chi connectivity index (χ0) is 11.1. The molecule has 15 heavy (non-hydrogen) atoms. The number of hydrogen-bond donors (Lipinski definition) is 1. The SMILES string of the molecule is COc1cccc2c1CC(C(F)(F)F)N2. The van der Waals surface area contributed by atoms with E-state index in [9.17, 15) is 13.2 Å². The monoisotopic (exact) mass is 217 g/mol. The number of ether oxygens (including phenoxy) is 1. The summed E-state index contributed by atoms with van der Waals surface area (Å²) in [6, 6.07) is 3.47. The molecule has 1 aliphatic heterocycles. The van der Waals surface area contributed by atoms with Crippen LogP contribution in [0.15, 0.2) is 18.2 Å². The Hall–Kier alpha value is -1.39. The summed E-state index contributed by atoms with van der Waals surface area (Å²) in [5.41, 5.74) is 1.11. The Bertz CT molecular complexity index is 375. The van der Waals surface area contributed by atoms with Crippen LogP contribution in [0.25, 0.3) is 0 Å². The first kappa shape index (κ1) is 10.1. The lowest BCUT2D eigenvalue weighted by Crippen LogP contribution is -2.34. The highest BCUT2D eigenvalue weighted by Gasteiger charge is 2.43. The number of nitrogens with one attached hydrogen (secondary N) is 1. The maximum absolute atomic E-state index is 12.5. The van der Waals surface area contributed by atoms with Crippen LogP contribution in [0.3, 0.4) is 0 Å². The van der Waals surface area contributed by atoms with Gasteiger partial charge in [-0.3, -0.25) is 0 Å². The van der Waals surface area contributed by atoms with Gasteiger partial charge in [0.2, 0.25) is 0 Å². The predicted molar refractivity (Wildman–Crippen MR) is 50.2 cm³/mol. The second-order valence-electron chi connectivity index (χ2n) is 3.43. The maximum Gasteiger partial charge on any atom is 0.408 e. The van der Waals surface area contributed by atoms with Crippen LogP contribution in [0.5, 0.6) is 5.75 Å². The average molecular weight is 217 g/mol. The van der Waals surface area contributed by atoms with Gasteiger partial charge in [-0.2, -0.15) is 13.2 Å². The molecule has 0 saturated heterocycles. The van der Waals surface area contributed by atoms with E-state index in [4.69, 9.17) is 4.74 Å². The Morgan fingerprint density at radius 2 is 2.13 bits per heavy atom. The fourth-order valence-electron chi connectivity index (χ4n) is 1.74. The van der Waals surface area contributed by atoms with Crippen molar-refractivity contribution in [3.8, 4) is 5.75 Å². The van der Waals surface area contributed by atoms with Crippen molar-refractivity contribution in [1.29, 1.82) is 0 Å². The van der Waals surface area contributed by atoms with E-state index in [2.05, 4.69) is 5.32 Å². The molecule has 0 spiro atoms. The van der Waals surface area contributed by atoms with Gasteiger partial charge in [0.25, 0.3) is 0 Å². The molecule has 1 aromatic rings. The van der Waals surface area contributed by atoms with E-state index in [1.807, 2.05) is 0 Å². The predicted octanol–water partition coefficient (Wildman–Crippen LogP) is 2.59. The second-order valence-corrected chi connectivity index (χ2v) is 3.43. The average Bonchev–Trinajstić information content (AvgIpc) is 2.59. The third-order valence-corrected chi connectivity index (χ3v) is 2.49. The number of halogens is 3. The first-order valence-electron chi connectivity index (χ1n) is 4.51. The van der Waals surface area contributed by atoms with Crippen LogP contribution < -0.4 is 10.1 Å². The van der Waals surface area contributed by atoms with E-state index < -0.39 is 12.2 Å². The van der Waals surface area contributed by atoms with Gasteiger partial charge in [-0.1, -0.05) is 6.07 Å². The molecule has 0 fully saturated rings. The molecular weight excluding hydrogens is 207 g/mol. The molecule has 1 atom stereocenters. The molecule has 2 rings (SSSR count). The topological polar surface area (TPSA) is 21.3 Å². The van der Waals surface area contributed by atoms with E-state index >= 15 is 0 Å². The molecule has 5 heteroatoms. The Kier molecular flexibility index (Phi) is 2.25. The molecule has 1 N–H and O–H groups in total. The summed E-state index contributed by atoms with van der Waals surface area (Å²) in [6.45, 7) is 0. The zero-order valence-electron chi connectivity index (χ0n) is 8.06. The smallest absolute Gasteiger partial charge is 0.408 e. The van der Waals surface area contributed by atoms with E-state index in [1.54, 1.807) is 18.2 Å². The quantitative estimate of drug-likeness (QED) is 0.780. The van der Waals surface area contributed by atoms with Crippen molar-refractivity contribution in [3.63, 3.8) is 0 Å². The van der Waals surface area contributed by atoms with Gasteiger partial charge in [0.05, 0.1) is 7.11 Å². The molecule has 0 aliphatic carbocycles. The molecule has 2 nitrogen and oxygen atoms in total. The van der Waals surface area contributed by atoms with Crippen LogP contribution in [0.4, 0.5) is 18.9 Å². The molecule has 0 bridgehead atoms. The van der Waals surface area contributed by atoms with Gasteiger partial charge in [-0.05, 0) is 12.1 Å². The zero-order valence-corrected chi connectivity index (χ0v) is 8.06. The van der Waals surface area contributed by atoms with E-state index in [-0.39, 0.29) is 6.42 Å². The molecule has 1 unspecified atom stereocenters. The van der Waals surface area contributed by atoms with Crippen molar-refractivity contribution in [2.24, 2.45) is 0 Å². The van der Waals surface area contributed by atoms with Gasteiger partial charge >= 0.3 is 6.18 Å². The number of methoxy groups -OCH3 is 1. The minimum atomic E-state index is -4.22. The van der Waals surface area contributed by atoms with Crippen molar-refractivity contribution in [2.75, 3.05) is 12.4 Å². The lowest BCUT2D eigenvalue weighted by Gasteiger charge is -2.14. The van der Waals surface area contributed by atoms with Gasteiger partial charge in [-0.25, -0.2) is 0 Å². The third kappa shape index (κ3) is 1.73. The van der Waals surface area contributed by atoms with Gasteiger partial charge < -0.3 is 10.1 Å². The number of hydrogen-bond acceptors (Lipinski definition) is 2. The standard InChI is InChI=1S/C10H10F3NO/c1-15-8-4-2-3-7-6(8)5-9(14-7)10(11,12)13/h2-4,9,14H,5H2,1H3. The lowest BCUT2D eigenvalue weighted by atomic mass is 10.1. The van der Waals surface area contributed by atoms with Crippen molar-refractivity contribution in [2.45, 2.75) is 18.6 Å². The fraction of sp³-hybridized carbons (Fsp3) is 0.400. The van der Waals surface area contributed by atoms with Crippen LogP contribution in [0, 0.1) is 0 Å². The summed E-state index contributed by atoms with van der Waals surface area (Å²) in [5, 5.41) is 2.44. The molecule has 82 valence electrons. The van der Waals surface area contributed by atoms with E-state index in [0.29, 0.717) is 17.0 Å². The highest BCUT2D eigenvalue weighted by Crippen LogP contribution is 2.38. The van der Waals surface area contributed by atoms with Crippen molar-refractivity contribution in [3.05, 3.63) is 23.8 Å². The summed E-state index contributed by atoms with van der Waals surface area (Å²) in [7, 11) is 1.45. The highest BCUT2D eigenvalue weighted by atomic mass is 19.4. The summed E-state index contributed by atoms with van der Waals surface area (Å²) in [6.07, 6.45) is -4.28. The number of anilines is 1. The minimum absolute atomic E-state index is 0.0666. The second kappa shape index (κ2) is 3.32. The molecule has 0 radical (unpaired) electrons. The summed E-state index contributed by atoms with van der Waals surface area (Å²) in [4.78, 5) is 0. The van der Waals surface area contributed by atoms with Crippen molar-refractivity contribution in [1.82, 2.24) is 0 Å². The van der Waals surface area contributed by atoms with Gasteiger partial charge in [0.1, 0.15) is 11.8 Å². The lowest BCUT2D eigenvalue weighted by molar-refractivity contribution is -0.140. The van der Waals surface area contributed by atoms with Crippen LogP contribution >= 0.6 is 0 Å². The van der Waals surface area contributed by atoms with Crippen molar-refractivity contribution < 1.29 is 17.9 Å². The highest BCUT2D eigenvalue weighted by molar-refractivity contribution is 5.62. The minimum Gasteiger partial charge on any atom is -0.496 e.